The van der Waals surface area contributed by atoms with Crippen LogP contribution in [0.2, 0.25) is 0 Å². The van der Waals surface area contributed by atoms with Gasteiger partial charge in [-0.05, 0) is 87.8 Å². The van der Waals surface area contributed by atoms with E-state index in [0.29, 0.717) is 5.69 Å². The molecule has 1 fully saturated rings. The first-order chi connectivity index (χ1) is 15.6. The van der Waals surface area contributed by atoms with E-state index >= 15 is 0 Å². The lowest BCUT2D eigenvalue weighted by Crippen LogP contribution is -2.54. The van der Waals surface area contributed by atoms with Gasteiger partial charge < -0.3 is 4.90 Å². The summed E-state index contributed by atoms with van der Waals surface area (Å²) in [5, 5.41) is 2.75. The first-order valence-corrected chi connectivity index (χ1v) is 11.6. The highest BCUT2D eigenvalue weighted by Crippen LogP contribution is 2.39. The van der Waals surface area contributed by atoms with Crippen molar-refractivity contribution in [3.8, 4) is 0 Å². The van der Waals surface area contributed by atoms with Gasteiger partial charge in [0.25, 0.3) is 11.8 Å². The zero-order valence-electron chi connectivity index (χ0n) is 19.7. The number of nitrogens with one attached hydrogen (secondary N) is 1. The number of carbonyl (C=O) groups is 2. The van der Waals surface area contributed by atoms with Crippen LogP contribution in [0.4, 0.5) is 11.4 Å². The van der Waals surface area contributed by atoms with E-state index in [9.17, 15) is 9.59 Å². The Hall–Kier alpha value is -3.25. The fourth-order valence-corrected chi connectivity index (χ4v) is 4.86. The van der Waals surface area contributed by atoms with E-state index in [0.717, 1.165) is 29.7 Å². The van der Waals surface area contributed by atoms with Crippen LogP contribution in [0.3, 0.4) is 0 Å². The Kier molecular flexibility index (Phi) is 5.97. The summed E-state index contributed by atoms with van der Waals surface area (Å²) in [5.41, 5.74) is 5.97. The molecule has 0 radical (unpaired) electrons. The van der Waals surface area contributed by atoms with Gasteiger partial charge in [-0.15, -0.1) is 0 Å². The molecule has 0 saturated carbocycles. The van der Waals surface area contributed by atoms with Gasteiger partial charge in [-0.1, -0.05) is 36.8 Å². The Morgan fingerprint density at radius 1 is 1.06 bits per heavy atom. The van der Waals surface area contributed by atoms with E-state index in [1.807, 2.05) is 37.3 Å². The van der Waals surface area contributed by atoms with Gasteiger partial charge >= 0.3 is 0 Å². The zero-order chi connectivity index (χ0) is 23.9. The third kappa shape index (κ3) is 4.23. The van der Waals surface area contributed by atoms with Gasteiger partial charge in [-0.3, -0.25) is 19.8 Å². The molecule has 6 heteroatoms. The van der Waals surface area contributed by atoms with E-state index in [1.54, 1.807) is 6.08 Å². The molecule has 0 unspecified atom stereocenters. The number of nitrogens with zero attached hydrogens (tertiary/aromatic N) is 2. The van der Waals surface area contributed by atoms with Crippen LogP contribution >= 0.6 is 12.2 Å². The summed E-state index contributed by atoms with van der Waals surface area (Å²) in [6.45, 7) is 11.7. The number of hydrogen-bond donors (Lipinski definition) is 1. The molecule has 2 aliphatic heterocycles. The van der Waals surface area contributed by atoms with Crippen LogP contribution in [-0.2, 0) is 9.59 Å². The number of aryl methyl sites for hydroxylation is 1. The molecule has 4 rings (SSSR count). The van der Waals surface area contributed by atoms with Crippen molar-refractivity contribution in [2.45, 2.75) is 46.6 Å². The van der Waals surface area contributed by atoms with Crippen LogP contribution in [0, 0.1) is 6.92 Å². The van der Waals surface area contributed by atoms with E-state index in [1.165, 1.54) is 16.2 Å². The van der Waals surface area contributed by atoms with Crippen LogP contribution < -0.4 is 15.1 Å². The largest absolute Gasteiger partial charge is 0.362 e. The summed E-state index contributed by atoms with van der Waals surface area (Å²) < 4.78 is 0. The Morgan fingerprint density at radius 2 is 1.76 bits per heavy atom. The van der Waals surface area contributed by atoms with Crippen molar-refractivity contribution in [1.82, 2.24) is 5.32 Å². The standard InChI is InChI=1S/C27H29N3O2S/c1-6-13-29-23-12-9-19(14-21(23)18(3)16-27(29,4)5)15-22-24(31)28-26(33)30(25(22)32)20-10-7-17(2)8-11-20/h7-12,14-16H,6,13H2,1-5H3,(H,28,31,33)/b22-15-. The van der Waals surface area contributed by atoms with E-state index < -0.39 is 11.8 Å². The number of amides is 2. The van der Waals surface area contributed by atoms with Crippen LogP contribution in [0.25, 0.3) is 11.6 Å². The maximum atomic E-state index is 13.3. The minimum absolute atomic E-state index is 0.0623. The summed E-state index contributed by atoms with van der Waals surface area (Å²) in [6, 6.07) is 13.6. The average molecular weight is 460 g/mol. The number of anilines is 2. The number of hydrogen-bond acceptors (Lipinski definition) is 4. The molecule has 1 N–H and O–H groups in total. The molecule has 2 heterocycles. The number of fused-ring (bicyclic) bond motifs is 1. The number of benzene rings is 2. The smallest absolute Gasteiger partial charge is 0.270 e. The lowest BCUT2D eigenvalue weighted by Gasteiger charge is -2.43. The highest BCUT2D eigenvalue weighted by Gasteiger charge is 2.35. The summed E-state index contributed by atoms with van der Waals surface area (Å²) in [6.07, 6.45) is 4.97. The molecular formula is C27H29N3O2S. The first kappa shape index (κ1) is 22.9. The summed E-state index contributed by atoms with van der Waals surface area (Å²) in [7, 11) is 0. The molecule has 1 saturated heterocycles. The quantitative estimate of drug-likeness (QED) is 0.386. The summed E-state index contributed by atoms with van der Waals surface area (Å²) >= 11 is 5.30. The maximum absolute atomic E-state index is 13.3. The number of thiocarbonyl (C=S) groups is 1. The number of carbonyl (C=O) groups excluding carboxylic acids is 2. The molecule has 170 valence electrons. The van der Waals surface area contributed by atoms with Crippen molar-refractivity contribution in [1.29, 1.82) is 0 Å². The highest BCUT2D eigenvalue weighted by atomic mass is 32.1. The van der Waals surface area contributed by atoms with Gasteiger partial charge in [0.2, 0.25) is 0 Å². The lowest BCUT2D eigenvalue weighted by molar-refractivity contribution is -0.122. The Labute approximate surface area is 200 Å². The second-order valence-corrected chi connectivity index (χ2v) is 9.59. The molecule has 0 aromatic heterocycles. The third-order valence-corrected chi connectivity index (χ3v) is 6.44. The van der Waals surface area contributed by atoms with Crippen molar-refractivity contribution >= 4 is 52.2 Å². The fraction of sp³-hybridized carbons (Fsp3) is 0.296. The van der Waals surface area contributed by atoms with Crippen molar-refractivity contribution in [3.05, 3.63) is 70.8 Å². The van der Waals surface area contributed by atoms with Gasteiger partial charge in [0.15, 0.2) is 5.11 Å². The monoisotopic (exact) mass is 459 g/mol. The van der Waals surface area contributed by atoms with Crippen molar-refractivity contribution < 1.29 is 9.59 Å². The minimum Gasteiger partial charge on any atom is -0.362 e. The second-order valence-electron chi connectivity index (χ2n) is 9.20. The first-order valence-electron chi connectivity index (χ1n) is 11.2. The van der Waals surface area contributed by atoms with Gasteiger partial charge in [0.1, 0.15) is 5.57 Å². The normalized spacial score (nSPS) is 18.9. The van der Waals surface area contributed by atoms with E-state index in [-0.39, 0.29) is 16.2 Å². The van der Waals surface area contributed by atoms with Gasteiger partial charge in [-0.25, -0.2) is 0 Å². The Bertz CT molecular complexity index is 1210. The van der Waals surface area contributed by atoms with E-state index in [2.05, 4.69) is 56.1 Å². The fourth-order valence-electron chi connectivity index (χ4n) is 4.58. The Balaban J connectivity index is 1.73. The van der Waals surface area contributed by atoms with Crippen LogP contribution in [0.15, 0.2) is 54.1 Å². The SMILES string of the molecule is CCCN1c2ccc(/C=C3/C(=O)NC(=S)N(c4ccc(C)cc4)C3=O)cc2C(C)=CC1(C)C. The predicted molar refractivity (Wildman–Crippen MR) is 139 cm³/mol. The molecule has 2 aromatic rings. The maximum Gasteiger partial charge on any atom is 0.270 e. The second kappa shape index (κ2) is 8.60. The predicted octanol–water partition coefficient (Wildman–Crippen LogP) is 5.24. The van der Waals surface area contributed by atoms with Crippen LogP contribution in [-0.4, -0.2) is 29.0 Å². The molecule has 5 nitrogen and oxygen atoms in total. The zero-order valence-corrected chi connectivity index (χ0v) is 20.5. The van der Waals surface area contributed by atoms with Gasteiger partial charge in [0, 0.05) is 17.8 Å². The van der Waals surface area contributed by atoms with Gasteiger partial charge in [0.05, 0.1) is 11.2 Å². The highest BCUT2D eigenvalue weighted by molar-refractivity contribution is 7.80. The van der Waals surface area contributed by atoms with E-state index in [4.69, 9.17) is 12.2 Å². The summed E-state index contributed by atoms with van der Waals surface area (Å²) in [4.78, 5) is 29.8. The number of allylic oxidation sites excluding steroid dienone is 1. The molecule has 0 bridgehead atoms. The molecule has 0 spiro atoms. The van der Waals surface area contributed by atoms with Gasteiger partial charge in [-0.2, -0.15) is 0 Å². The van der Waals surface area contributed by atoms with Crippen molar-refractivity contribution in [2.24, 2.45) is 0 Å². The van der Waals surface area contributed by atoms with Crippen LogP contribution in [0.5, 0.6) is 0 Å². The molecule has 2 aliphatic rings. The van der Waals surface area contributed by atoms with Crippen LogP contribution in [0.1, 0.15) is 50.8 Å². The molecular weight excluding hydrogens is 430 g/mol. The molecule has 2 aromatic carbocycles. The molecule has 2 amide bonds. The lowest BCUT2D eigenvalue weighted by atomic mass is 9.87. The molecule has 0 aliphatic carbocycles. The molecule has 33 heavy (non-hydrogen) atoms. The van der Waals surface area contributed by atoms with Crippen molar-refractivity contribution in [2.75, 3.05) is 16.3 Å². The van der Waals surface area contributed by atoms with Crippen molar-refractivity contribution in [3.63, 3.8) is 0 Å². The minimum atomic E-state index is -0.480. The topological polar surface area (TPSA) is 52.7 Å². The summed E-state index contributed by atoms with van der Waals surface area (Å²) in [5.74, 6) is -0.904. The third-order valence-electron chi connectivity index (χ3n) is 6.15. The molecule has 0 atom stereocenters. The average Bonchev–Trinajstić information content (AvgIpc) is 2.75. The Morgan fingerprint density at radius 3 is 2.42 bits per heavy atom. The number of rotatable bonds is 4.